The summed E-state index contributed by atoms with van der Waals surface area (Å²) in [5, 5.41) is 8.72. The van der Waals surface area contributed by atoms with E-state index in [-0.39, 0.29) is 5.75 Å². The van der Waals surface area contributed by atoms with Crippen molar-refractivity contribution in [3.8, 4) is 11.8 Å². The zero-order valence-electron chi connectivity index (χ0n) is 14.3. The van der Waals surface area contributed by atoms with Crippen molar-refractivity contribution in [3.63, 3.8) is 0 Å². The molecule has 0 unspecified atom stereocenters. The fourth-order valence-electron chi connectivity index (χ4n) is 1.98. The number of hydrogen-bond acceptors (Lipinski definition) is 5. The molecule has 0 bridgehead atoms. The van der Waals surface area contributed by atoms with Gasteiger partial charge in [0.05, 0.1) is 22.1 Å². The van der Waals surface area contributed by atoms with Gasteiger partial charge in [0.2, 0.25) is 0 Å². The molecule has 2 aromatic carbocycles. The fourth-order valence-corrected chi connectivity index (χ4v) is 2.88. The number of hydrogen-bond donors (Lipinski definition) is 2. The van der Waals surface area contributed by atoms with Crippen LogP contribution in [0, 0.1) is 11.3 Å². The van der Waals surface area contributed by atoms with Crippen LogP contribution in [0.1, 0.15) is 18.1 Å². The first kappa shape index (κ1) is 21.2. The number of rotatable bonds is 6. The van der Waals surface area contributed by atoms with Gasteiger partial charge in [-0.1, -0.05) is 6.07 Å². The lowest BCUT2D eigenvalue weighted by molar-refractivity contribution is -0.137. The highest BCUT2D eigenvalue weighted by molar-refractivity contribution is 7.89. The molecular weight excluding hydrogens is 399 g/mol. The lowest BCUT2D eigenvalue weighted by atomic mass is 10.2. The van der Waals surface area contributed by atoms with Gasteiger partial charge in [-0.05, 0) is 49.4 Å². The monoisotopic (exact) mass is 413 g/mol. The number of carbonyl (C=O) groups is 1. The van der Waals surface area contributed by atoms with Crippen LogP contribution in [0.25, 0.3) is 0 Å². The van der Waals surface area contributed by atoms with Gasteiger partial charge in [-0.15, -0.1) is 4.83 Å². The molecule has 2 rings (SSSR count). The molecule has 2 N–H and O–H groups in total. The average Bonchev–Trinajstić information content (AvgIpc) is 2.66. The molecule has 0 fully saturated rings. The number of carbonyl (C=O) groups excluding carboxylic acids is 1. The predicted octanol–water partition coefficient (Wildman–Crippen LogP) is 2.35. The maximum absolute atomic E-state index is 12.7. The van der Waals surface area contributed by atoms with E-state index in [0.29, 0.717) is 11.6 Å². The zero-order chi connectivity index (χ0) is 20.9. The molecule has 2 aromatic rings. The van der Waals surface area contributed by atoms with Crippen LogP contribution in [0.3, 0.4) is 0 Å². The van der Waals surface area contributed by atoms with Crippen molar-refractivity contribution in [2.75, 3.05) is 0 Å². The van der Waals surface area contributed by atoms with Gasteiger partial charge >= 0.3 is 6.18 Å². The summed E-state index contributed by atoms with van der Waals surface area (Å²) < 4.78 is 67.6. The van der Waals surface area contributed by atoms with Crippen LogP contribution < -0.4 is 15.0 Å². The number of hydrazine groups is 1. The van der Waals surface area contributed by atoms with Gasteiger partial charge in [-0.25, -0.2) is 8.42 Å². The van der Waals surface area contributed by atoms with Crippen molar-refractivity contribution in [2.24, 2.45) is 0 Å². The van der Waals surface area contributed by atoms with E-state index in [2.05, 4.69) is 0 Å². The molecule has 0 heterocycles. The Morgan fingerprint density at radius 3 is 2.39 bits per heavy atom. The highest BCUT2D eigenvalue weighted by Gasteiger charge is 2.31. The minimum Gasteiger partial charge on any atom is -0.481 e. The van der Waals surface area contributed by atoms with Crippen molar-refractivity contribution in [1.29, 1.82) is 5.26 Å². The molecule has 0 radical (unpaired) electrons. The molecule has 0 saturated carbocycles. The van der Waals surface area contributed by atoms with Crippen molar-refractivity contribution >= 4 is 15.9 Å². The van der Waals surface area contributed by atoms with Crippen molar-refractivity contribution in [2.45, 2.75) is 24.1 Å². The number of ether oxygens (including phenoxy) is 1. The number of benzene rings is 2. The summed E-state index contributed by atoms with van der Waals surface area (Å²) in [6.07, 6.45) is -5.84. The molecule has 11 heteroatoms. The van der Waals surface area contributed by atoms with Gasteiger partial charge in [0.1, 0.15) is 5.75 Å². The Kier molecular flexibility index (Phi) is 6.27. The average molecular weight is 413 g/mol. The first-order valence-corrected chi connectivity index (χ1v) is 9.17. The van der Waals surface area contributed by atoms with Crippen LogP contribution in [-0.4, -0.2) is 20.4 Å². The van der Waals surface area contributed by atoms with E-state index in [9.17, 15) is 26.4 Å². The van der Waals surface area contributed by atoms with Gasteiger partial charge in [0.25, 0.3) is 15.9 Å². The van der Waals surface area contributed by atoms with E-state index < -0.39 is 38.7 Å². The number of halogens is 3. The minimum absolute atomic E-state index is 0.266. The molecule has 28 heavy (non-hydrogen) atoms. The van der Waals surface area contributed by atoms with E-state index in [1.165, 1.54) is 31.2 Å². The fraction of sp³-hybridized carbons (Fsp3) is 0.176. The Bertz CT molecular complexity index is 1000. The van der Waals surface area contributed by atoms with Gasteiger partial charge in [0.15, 0.2) is 6.10 Å². The normalized spacial score (nSPS) is 12.7. The number of amides is 1. The van der Waals surface area contributed by atoms with Gasteiger partial charge < -0.3 is 4.74 Å². The van der Waals surface area contributed by atoms with Gasteiger partial charge in [-0.2, -0.15) is 18.4 Å². The zero-order valence-corrected chi connectivity index (χ0v) is 15.1. The summed E-state index contributed by atoms with van der Waals surface area (Å²) in [6.45, 7) is 1.34. The Labute approximate surface area is 158 Å². The van der Waals surface area contributed by atoms with E-state index in [1.807, 2.05) is 11.5 Å². The molecule has 1 amide bonds. The van der Waals surface area contributed by atoms with Gasteiger partial charge in [0, 0.05) is 0 Å². The molecule has 0 aliphatic heterocycles. The molecular formula is C17H14F3N3O4S. The third-order valence-corrected chi connectivity index (χ3v) is 4.69. The maximum atomic E-state index is 12.7. The molecule has 7 nitrogen and oxygen atoms in total. The second-order valence-corrected chi connectivity index (χ2v) is 7.20. The Hall–Kier alpha value is -3.10. The summed E-state index contributed by atoms with van der Waals surface area (Å²) in [6, 6.07) is 10.8. The molecule has 0 spiro atoms. The number of sulfonamides is 1. The van der Waals surface area contributed by atoms with E-state index >= 15 is 0 Å². The second kappa shape index (κ2) is 8.28. The summed E-state index contributed by atoms with van der Waals surface area (Å²) in [5.41, 5.74) is 1.13. The van der Waals surface area contributed by atoms with Crippen LogP contribution in [0.4, 0.5) is 13.2 Å². The first-order chi connectivity index (χ1) is 13.0. The summed E-state index contributed by atoms with van der Waals surface area (Å²) in [7, 11) is -4.43. The Balaban J connectivity index is 2.01. The Morgan fingerprint density at radius 1 is 1.18 bits per heavy atom. The number of nitrogens with one attached hydrogen (secondary N) is 2. The van der Waals surface area contributed by atoms with Crippen LogP contribution in [0.2, 0.25) is 0 Å². The number of nitriles is 1. The summed E-state index contributed by atoms with van der Waals surface area (Å²) in [4.78, 5) is 13.0. The third-order valence-electron chi connectivity index (χ3n) is 3.45. The molecule has 0 aliphatic rings. The molecule has 0 aromatic heterocycles. The predicted molar refractivity (Wildman–Crippen MR) is 91.2 cm³/mol. The van der Waals surface area contributed by atoms with Crippen molar-refractivity contribution in [3.05, 3.63) is 59.7 Å². The first-order valence-electron chi connectivity index (χ1n) is 7.68. The van der Waals surface area contributed by atoms with Crippen molar-refractivity contribution in [1.82, 2.24) is 10.3 Å². The molecule has 148 valence electrons. The van der Waals surface area contributed by atoms with Crippen LogP contribution in [0.5, 0.6) is 5.75 Å². The largest absolute Gasteiger partial charge is 0.481 e. The standard InChI is InChI=1S/C17H14F3N3O4S/c1-11(27-14-7-5-12(10-21)6-8-14)16(24)22-23-28(25,26)15-4-2-3-13(9-15)17(18,19)20/h2-9,11,23H,1H3,(H,22,24)/t11-/m0/s1. The van der Waals surface area contributed by atoms with Crippen LogP contribution >= 0.6 is 0 Å². The highest BCUT2D eigenvalue weighted by atomic mass is 32.2. The second-order valence-electron chi connectivity index (χ2n) is 5.52. The summed E-state index contributed by atoms with van der Waals surface area (Å²) >= 11 is 0. The van der Waals surface area contributed by atoms with Gasteiger partial charge in [-0.3, -0.25) is 10.2 Å². The maximum Gasteiger partial charge on any atom is 0.416 e. The molecule has 1 atom stereocenters. The van der Waals surface area contributed by atoms with E-state index in [4.69, 9.17) is 10.00 Å². The highest BCUT2D eigenvalue weighted by Crippen LogP contribution is 2.30. The van der Waals surface area contributed by atoms with Crippen molar-refractivity contribution < 1.29 is 31.1 Å². The number of alkyl halides is 3. The third kappa shape index (κ3) is 5.45. The number of nitrogens with zero attached hydrogens (tertiary/aromatic N) is 1. The lowest BCUT2D eigenvalue weighted by Gasteiger charge is -2.15. The SMILES string of the molecule is C[C@H](Oc1ccc(C#N)cc1)C(=O)NNS(=O)(=O)c1cccc(C(F)(F)F)c1. The van der Waals surface area contributed by atoms with Crippen LogP contribution in [-0.2, 0) is 21.0 Å². The topological polar surface area (TPSA) is 108 Å². The van der Waals surface area contributed by atoms with Crippen LogP contribution in [0.15, 0.2) is 53.4 Å². The van der Waals surface area contributed by atoms with E-state index in [1.54, 1.807) is 4.83 Å². The quantitative estimate of drug-likeness (QED) is 0.707. The lowest BCUT2D eigenvalue weighted by Crippen LogP contribution is -2.47. The molecule has 0 saturated heterocycles. The van der Waals surface area contributed by atoms with E-state index in [0.717, 1.165) is 18.2 Å². The Morgan fingerprint density at radius 2 is 1.82 bits per heavy atom. The minimum atomic E-state index is -4.71. The molecule has 0 aliphatic carbocycles. The summed E-state index contributed by atoms with van der Waals surface area (Å²) in [5.74, 6) is -0.609. The smallest absolute Gasteiger partial charge is 0.416 e.